The lowest BCUT2D eigenvalue weighted by Gasteiger charge is -2.27. The van der Waals surface area contributed by atoms with Crippen molar-refractivity contribution >= 4 is 40.6 Å². The highest BCUT2D eigenvalue weighted by atomic mass is 16.4. The van der Waals surface area contributed by atoms with Gasteiger partial charge < -0.3 is 14.6 Å². The zero-order valence-corrected chi connectivity index (χ0v) is 26.4. The fourth-order valence-electron chi connectivity index (χ4n) is 4.85. The molecule has 0 spiro atoms. The van der Waals surface area contributed by atoms with Crippen molar-refractivity contribution in [3.05, 3.63) is 54.6 Å². The third-order valence-corrected chi connectivity index (χ3v) is 7.52. The van der Waals surface area contributed by atoms with Crippen LogP contribution in [0, 0.1) is 11.8 Å². The van der Waals surface area contributed by atoms with Crippen molar-refractivity contribution in [1.29, 1.82) is 0 Å². The van der Waals surface area contributed by atoms with E-state index in [2.05, 4.69) is 51.8 Å². The average molecular weight is 572 g/mol. The number of fused-ring (bicyclic) bond motifs is 1. The van der Waals surface area contributed by atoms with Gasteiger partial charge in [-0.05, 0) is 61.8 Å². The van der Waals surface area contributed by atoms with Crippen LogP contribution in [0.1, 0.15) is 86.5 Å². The van der Waals surface area contributed by atoms with Crippen molar-refractivity contribution in [3.63, 3.8) is 0 Å². The lowest BCUT2D eigenvalue weighted by atomic mass is 10.1. The van der Waals surface area contributed by atoms with E-state index in [1.807, 2.05) is 59.5 Å². The van der Waals surface area contributed by atoms with E-state index in [1.165, 1.54) is 19.3 Å². The summed E-state index contributed by atoms with van der Waals surface area (Å²) in [6.45, 7) is 15.3. The van der Waals surface area contributed by atoms with Crippen LogP contribution >= 0.6 is 0 Å². The van der Waals surface area contributed by atoms with E-state index in [4.69, 9.17) is 24.4 Å². The number of hydrogen-bond acceptors (Lipinski definition) is 8. The van der Waals surface area contributed by atoms with Gasteiger partial charge in [-0.25, -0.2) is 4.90 Å². The highest BCUT2D eigenvalue weighted by Crippen LogP contribution is 2.35. The zero-order chi connectivity index (χ0) is 29.9. The Balaban J connectivity index is 1.82. The van der Waals surface area contributed by atoms with Gasteiger partial charge in [0.25, 0.3) is 0 Å². The molecule has 2 heterocycles. The predicted octanol–water partition coefficient (Wildman–Crippen LogP) is 9.15. The van der Waals surface area contributed by atoms with Crippen LogP contribution in [0.25, 0.3) is 11.1 Å². The summed E-state index contributed by atoms with van der Waals surface area (Å²) in [7, 11) is 0. The second-order valence-corrected chi connectivity index (χ2v) is 12.0. The number of unbranched alkanes of at least 4 members (excludes halogenated alkanes) is 2. The first kappa shape index (κ1) is 31.3. The molecule has 8 heteroatoms. The van der Waals surface area contributed by atoms with Gasteiger partial charge in [-0.1, -0.05) is 91.1 Å². The fourth-order valence-corrected chi connectivity index (χ4v) is 4.85. The normalized spacial score (nSPS) is 12.3. The number of benzene rings is 2. The minimum Gasteiger partial charge on any atom is -0.423 e. The summed E-state index contributed by atoms with van der Waals surface area (Å²) in [4.78, 5) is 24.2. The number of aromatic nitrogens is 4. The van der Waals surface area contributed by atoms with E-state index in [0.29, 0.717) is 35.7 Å². The minimum atomic E-state index is 0.286. The van der Waals surface area contributed by atoms with Crippen molar-refractivity contribution in [2.75, 3.05) is 28.2 Å². The molecule has 0 saturated carbocycles. The first-order valence-electron chi connectivity index (χ1n) is 15.9. The molecule has 0 aliphatic carbocycles. The molecular weight excluding hydrogens is 522 g/mol. The smallest absolute Gasteiger partial charge is 0.310 e. The highest BCUT2D eigenvalue weighted by molar-refractivity contribution is 5.78. The van der Waals surface area contributed by atoms with Crippen LogP contribution in [0.3, 0.4) is 0 Å². The fraction of sp³-hybridized carbons (Fsp3) is 0.529. The first-order valence-corrected chi connectivity index (χ1v) is 15.9. The summed E-state index contributed by atoms with van der Waals surface area (Å²) in [6.07, 6.45) is 7.81. The van der Waals surface area contributed by atoms with Gasteiger partial charge in [0.05, 0.1) is 5.69 Å². The molecule has 4 rings (SSSR count). The second-order valence-electron chi connectivity index (χ2n) is 12.0. The summed E-state index contributed by atoms with van der Waals surface area (Å²) in [6, 6.07) is 18.6. The molecule has 1 unspecified atom stereocenters. The number of para-hydroxylation sites is 3. The molecule has 0 aliphatic heterocycles. The summed E-state index contributed by atoms with van der Waals surface area (Å²) in [5.74, 6) is 2.92. The Morgan fingerprint density at radius 1 is 0.738 bits per heavy atom. The Morgan fingerprint density at radius 3 is 2.05 bits per heavy atom. The van der Waals surface area contributed by atoms with E-state index in [-0.39, 0.29) is 6.04 Å². The number of nitrogens with one attached hydrogen (secondary N) is 1. The molecule has 1 atom stereocenters. The standard InChI is InChI=1S/C34H49N7O/c1-7-9-11-16-27(8-2)35-31-37-32(40(23-21-25(3)4)24-22-26(5)6)39-33(38-31)41(28-17-12-10-13-18-28)34-36-29-19-14-15-20-30(29)42-34/h10,12-15,17-20,25-27H,7-9,11,16,21-24H2,1-6H3,(H,35,37,38,39). The Labute approximate surface area is 252 Å². The molecule has 0 fully saturated rings. The second kappa shape index (κ2) is 15.5. The SMILES string of the molecule is CCCCCC(CC)Nc1nc(N(CCC(C)C)CCC(C)C)nc(N(c2ccccc2)c2nc3ccccc3o2)n1. The molecular formula is C34H49N7O. The Kier molecular flexibility index (Phi) is 11.6. The van der Waals surface area contributed by atoms with Gasteiger partial charge >= 0.3 is 6.01 Å². The average Bonchev–Trinajstić information content (AvgIpc) is 3.40. The van der Waals surface area contributed by atoms with Crippen LogP contribution < -0.4 is 15.1 Å². The molecule has 4 aromatic rings. The van der Waals surface area contributed by atoms with Crippen molar-refractivity contribution in [2.45, 2.75) is 92.5 Å². The van der Waals surface area contributed by atoms with Crippen LogP contribution in [0.2, 0.25) is 0 Å². The van der Waals surface area contributed by atoms with Crippen LogP contribution in [0.4, 0.5) is 29.5 Å². The van der Waals surface area contributed by atoms with Gasteiger partial charge in [-0.2, -0.15) is 19.9 Å². The van der Waals surface area contributed by atoms with E-state index in [0.717, 1.165) is 55.6 Å². The van der Waals surface area contributed by atoms with Crippen molar-refractivity contribution in [2.24, 2.45) is 11.8 Å². The maximum absolute atomic E-state index is 6.29. The number of hydrogen-bond donors (Lipinski definition) is 1. The molecule has 8 nitrogen and oxygen atoms in total. The molecule has 0 radical (unpaired) electrons. The molecule has 0 saturated heterocycles. The molecule has 226 valence electrons. The first-order chi connectivity index (χ1) is 20.4. The molecule has 0 amide bonds. The quantitative estimate of drug-likeness (QED) is 0.126. The lowest BCUT2D eigenvalue weighted by Crippen LogP contribution is -2.31. The van der Waals surface area contributed by atoms with Crippen molar-refractivity contribution < 1.29 is 4.42 Å². The Morgan fingerprint density at radius 2 is 1.40 bits per heavy atom. The molecule has 2 aromatic heterocycles. The largest absolute Gasteiger partial charge is 0.423 e. The van der Waals surface area contributed by atoms with E-state index >= 15 is 0 Å². The molecule has 42 heavy (non-hydrogen) atoms. The van der Waals surface area contributed by atoms with Gasteiger partial charge in [0.15, 0.2) is 5.58 Å². The number of anilines is 5. The Hall–Kier alpha value is -3.68. The van der Waals surface area contributed by atoms with E-state index < -0.39 is 0 Å². The van der Waals surface area contributed by atoms with Gasteiger partial charge in [-0.15, -0.1) is 0 Å². The van der Waals surface area contributed by atoms with Gasteiger partial charge in [-0.3, -0.25) is 0 Å². The van der Waals surface area contributed by atoms with Crippen LogP contribution in [-0.4, -0.2) is 39.1 Å². The van der Waals surface area contributed by atoms with E-state index in [1.54, 1.807) is 0 Å². The number of oxazole rings is 1. The number of nitrogens with zero attached hydrogens (tertiary/aromatic N) is 6. The molecule has 0 aliphatic rings. The summed E-state index contributed by atoms with van der Waals surface area (Å²) < 4.78 is 6.29. The third kappa shape index (κ3) is 8.66. The highest BCUT2D eigenvalue weighted by Gasteiger charge is 2.25. The summed E-state index contributed by atoms with van der Waals surface area (Å²) >= 11 is 0. The van der Waals surface area contributed by atoms with Crippen LogP contribution in [0.15, 0.2) is 59.0 Å². The molecule has 1 N–H and O–H groups in total. The van der Waals surface area contributed by atoms with Gasteiger partial charge in [0.1, 0.15) is 5.52 Å². The minimum absolute atomic E-state index is 0.286. The Bertz CT molecular complexity index is 1310. The third-order valence-electron chi connectivity index (χ3n) is 7.52. The number of rotatable bonds is 17. The van der Waals surface area contributed by atoms with Crippen LogP contribution in [0.5, 0.6) is 0 Å². The monoisotopic (exact) mass is 571 g/mol. The van der Waals surface area contributed by atoms with Gasteiger partial charge in [0, 0.05) is 19.1 Å². The maximum atomic E-state index is 6.29. The maximum Gasteiger partial charge on any atom is 0.310 e. The van der Waals surface area contributed by atoms with Gasteiger partial charge in [0.2, 0.25) is 17.8 Å². The van der Waals surface area contributed by atoms with Crippen molar-refractivity contribution in [1.82, 2.24) is 19.9 Å². The van der Waals surface area contributed by atoms with E-state index in [9.17, 15) is 0 Å². The summed E-state index contributed by atoms with van der Waals surface area (Å²) in [5.41, 5.74) is 2.38. The zero-order valence-electron chi connectivity index (χ0n) is 26.4. The lowest BCUT2D eigenvalue weighted by molar-refractivity contribution is 0.529. The predicted molar refractivity (Wildman–Crippen MR) is 175 cm³/mol. The molecule has 0 bridgehead atoms. The van der Waals surface area contributed by atoms with Crippen LogP contribution in [-0.2, 0) is 0 Å². The summed E-state index contributed by atoms with van der Waals surface area (Å²) in [5, 5.41) is 3.67. The van der Waals surface area contributed by atoms with Crippen molar-refractivity contribution in [3.8, 4) is 0 Å². The molecule has 2 aromatic carbocycles. The topological polar surface area (TPSA) is 83.2 Å².